The van der Waals surface area contributed by atoms with E-state index in [1.165, 1.54) is 30.5 Å². The summed E-state index contributed by atoms with van der Waals surface area (Å²) in [5.41, 5.74) is 3.32. The monoisotopic (exact) mass is 459 g/mol. The van der Waals surface area contributed by atoms with E-state index >= 15 is 0 Å². The van der Waals surface area contributed by atoms with Crippen molar-refractivity contribution >= 4 is 5.78 Å². The van der Waals surface area contributed by atoms with Gasteiger partial charge in [0.15, 0.2) is 23.4 Å². The molecule has 2 aromatic carbocycles. The average Bonchev–Trinajstić information content (AvgIpc) is 3.59. The topological polar surface area (TPSA) is 59.0 Å². The van der Waals surface area contributed by atoms with Gasteiger partial charge in [0.05, 0.1) is 6.61 Å². The molecule has 0 radical (unpaired) electrons. The van der Waals surface area contributed by atoms with Crippen LogP contribution in [0.2, 0.25) is 0 Å². The molecule has 2 aromatic rings. The Bertz CT molecular complexity index is 1130. The first-order chi connectivity index (χ1) is 16.6. The zero-order valence-corrected chi connectivity index (χ0v) is 19.7. The van der Waals surface area contributed by atoms with Gasteiger partial charge in [-0.2, -0.15) is 0 Å². The van der Waals surface area contributed by atoms with E-state index in [0.717, 1.165) is 55.9 Å². The van der Waals surface area contributed by atoms with Gasteiger partial charge in [0.1, 0.15) is 5.75 Å². The lowest BCUT2D eigenvalue weighted by molar-refractivity contribution is -0.138. The second kappa shape index (κ2) is 7.74. The third-order valence-corrected chi connectivity index (χ3v) is 9.21. The third-order valence-electron chi connectivity index (χ3n) is 9.21. The molecule has 2 aliphatic heterocycles. The molecule has 0 unspecified atom stereocenters. The van der Waals surface area contributed by atoms with Crippen LogP contribution in [0.25, 0.3) is 0 Å². The quantitative estimate of drug-likeness (QED) is 0.621. The van der Waals surface area contributed by atoms with Gasteiger partial charge in [0.25, 0.3) is 0 Å². The Morgan fingerprint density at radius 3 is 2.85 bits per heavy atom. The highest BCUT2D eigenvalue weighted by Crippen LogP contribution is 2.64. The number of ketones is 1. The van der Waals surface area contributed by atoms with E-state index in [1.807, 2.05) is 6.07 Å². The van der Waals surface area contributed by atoms with E-state index in [4.69, 9.17) is 9.47 Å². The molecule has 5 aliphatic rings. The van der Waals surface area contributed by atoms with E-state index in [1.54, 1.807) is 6.07 Å². The molecule has 3 fully saturated rings. The molecule has 1 saturated heterocycles. The number of ether oxygens (including phenoxy) is 2. The average molecular weight is 460 g/mol. The molecule has 3 aliphatic carbocycles. The summed E-state index contributed by atoms with van der Waals surface area (Å²) in [5, 5.41) is 11.0. The number of hydrogen-bond acceptors (Lipinski definition) is 5. The Morgan fingerprint density at radius 2 is 2.03 bits per heavy atom. The lowest BCUT2D eigenvalue weighted by Gasteiger charge is -2.57. The summed E-state index contributed by atoms with van der Waals surface area (Å²) in [7, 11) is 0. The zero-order valence-electron chi connectivity index (χ0n) is 19.7. The minimum atomic E-state index is -0.440. The highest BCUT2D eigenvalue weighted by Gasteiger charge is 2.66. The number of likely N-dealkylation sites (tertiary alicyclic amines) is 1. The largest absolute Gasteiger partial charge is 0.504 e. The van der Waals surface area contributed by atoms with Gasteiger partial charge in [0, 0.05) is 41.6 Å². The van der Waals surface area contributed by atoms with Crippen molar-refractivity contribution in [2.75, 3.05) is 19.7 Å². The predicted octanol–water partition coefficient (Wildman–Crippen LogP) is 4.42. The van der Waals surface area contributed by atoms with Crippen LogP contribution in [0.4, 0.5) is 0 Å². The van der Waals surface area contributed by atoms with Gasteiger partial charge in [-0.25, -0.2) is 0 Å². The van der Waals surface area contributed by atoms with E-state index in [-0.39, 0.29) is 16.9 Å². The van der Waals surface area contributed by atoms with Crippen LogP contribution in [0.3, 0.4) is 0 Å². The predicted molar refractivity (Wildman–Crippen MR) is 129 cm³/mol. The van der Waals surface area contributed by atoms with Crippen molar-refractivity contribution in [1.82, 2.24) is 4.90 Å². The highest BCUT2D eigenvalue weighted by molar-refractivity contribution is 5.89. The molecule has 5 nitrogen and oxygen atoms in total. The number of phenolic OH excluding ortho intramolecular Hbond substituents is 1. The highest BCUT2D eigenvalue weighted by atomic mass is 16.5. The summed E-state index contributed by atoms with van der Waals surface area (Å²) in [4.78, 5) is 15.8. The molecule has 178 valence electrons. The lowest BCUT2D eigenvalue weighted by Crippen LogP contribution is -2.66. The Kier molecular flexibility index (Phi) is 4.74. The molecule has 1 spiro atoms. The summed E-state index contributed by atoms with van der Waals surface area (Å²) in [6, 6.07) is 12.7. The standard InChI is InChI=1S/C29H33NO4/c31-23-11-10-21-22-15-20-25(33-14-4-7-18-5-2-1-3-6-18)16-24(32)27-26(20)29(21,28(23)34-27)12-13-30(22)17-19-8-9-19/h1-3,5-6,16,19,21-22,28,32H,4,7-15,17H2/t21-,22+,28-,29-/m0/s1. The molecule has 4 atom stereocenters. The van der Waals surface area contributed by atoms with Crippen molar-refractivity contribution in [3.05, 3.63) is 53.1 Å². The summed E-state index contributed by atoms with van der Waals surface area (Å²) in [6.45, 7) is 2.81. The van der Waals surface area contributed by atoms with E-state index in [0.29, 0.717) is 30.7 Å². The fourth-order valence-electron chi connectivity index (χ4n) is 7.55. The van der Waals surface area contributed by atoms with Gasteiger partial charge < -0.3 is 14.6 Å². The van der Waals surface area contributed by atoms with E-state index < -0.39 is 6.10 Å². The van der Waals surface area contributed by atoms with Crippen molar-refractivity contribution in [2.24, 2.45) is 11.8 Å². The summed E-state index contributed by atoms with van der Waals surface area (Å²) >= 11 is 0. The van der Waals surface area contributed by atoms with E-state index in [9.17, 15) is 9.90 Å². The van der Waals surface area contributed by atoms with Gasteiger partial charge in [-0.3, -0.25) is 9.69 Å². The van der Waals surface area contributed by atoms with Crippen molar-refractivity contribution in [1.29, 1.82) is 0 Å². The number of aryl methyl sites for hydroxylation is 1. The molecule has 0 amide bonds. The van der Waals surface area contributed by atoms with E-state index in [2.05, 4.69) is 29.2 Å². The Hall–Kier alpha value is -2.53. The minimum Gasteiger partial charge on any atom is -0.504 e. The molecule has 2 heterocycles. The van der Waals surface area contributed by atoms with Gasteiger partial charge >= 0.3 is 0 Å². The molecular weight excluding hydrogens is 426 g/mol. The van der Waals surface area contributed by atoms with Crippen LogP contribution >= 0.6 is 0 Å². The Balaban J connectivity index is 1.22. The molecule has 5 heteroatoms. The zero-order chi connectivity index (χ0) is 22.9. The molecule has 0 aromatic heterocycles. The number of carbonyl (C=O) groups excluding carboxylic acids is 1. The van der Waals surface area contributed by atoms with Crippen molar-refractivity contribution in [2.45, 2.75) is 68.9 Å². The molecular formula is C29H33NO4. The maximum Gasteiger partial charge on any atom is 0.174 e. The normalized spacial score (nSPS) is 31.2. The Morgan fingerprint density at radius 1 is 1.18 bits per heavy atom. The fraction of sp³-hybridized carbons (Fsp3) is 0.552. The van der Waals surface area contributed by atoms with Crippen molar-refractivity contribution in [3.8, 4) is 17.2 Å². The molecule has 7 rings (SSSR count). The first-order valence-electron chi connectivity index (χ1n) is 13.1. The van der Waals surface area contributed by atoms with Gasteiger partial charge in [-0.1, -0.05) is 30.3 Å². The summed E-state index contributed by atoms with van der Waals surface area (Å²) in [5.74, 6) is 2.96. The number of phenols is 1. The lowest BCUT2D eigenvalue weighted by atomic mass is 9.51. The number of Topliss-reactive ketones (excluding diaryl/α,β-unsaturated/α-hetero) is 1. The maximum atomic E-state index is 13.1. The second-order valence-corrected chi connectivity index (χ2v) is 11.1. The van der Waals surface area contributed by atoms with Crippen LogP contribution in [0.1, 0.15) is 55.2 Å². The number of piperidine rings is 1. The van der Waals surface area contributed by atoms with Crippen LogP contribution in [0.15, 0.2) is 36.4 Å². The Labute approximate surface area is 201 Å². The fourth-order valence-corrected chi connectivity index (χ4v) is 7.55. The number of nitrogens with zero attached hydrogens (tertiary/aromatic N) is 1. The first-order valence-corrected chi connectivity index (χ1v) is 13.1. The van der Waals surface area contributed by atoms with Crippen molar-refractivity contribution < 1.29 is 19.4 Å². The van der Waals surface area contributed by atoms with Crippen LogP contribution in [-0.4, -0.2) is 47.6 Å². The summed E-state index contributed by atoms with van der Waals surface area (Å²) < 4.78 is 12.7. The van der Waals surface area contributed by atoms with Crippen molar-refractivity contribution in [3.63, 3.8) is 0 Å². The minimum absolute atomic E-state index is 0.131. The number of aromatic hydroxyl groups is 1. The van der Waals surface area contributed by atoms with Gasteiger partial charge in [-0.15, -0.1) is 0 Å². The SMILES string of the molecule is O=C1CC[C@H]2[C@H]3Cc4c(OCCCc5ccccc5)cc(O)c5c4[C@@]2(CCN3CC2CC2)[C@H]1O5. The van der Waals surface area contributed by atoms with Gasteiger partial charge in [0.2, 0.25) is 0 Å². The number of rotatable bonds is 7. The first kappa shape index (κ1) is 20.8. The second-order valence-electron chi connectivity index (χ2n) is 11.1. The van der Waals surface area contributed by atoms with Crippen LogP contribution in [0, 0.1) is 11.8 Å². The summed E-state index contributed by atoms with van der Waals surface area (Å²) in [6.07, 6.45) is 7.56. The molecule has 2 saturated carbocycles. The van der Waals surface area contributed by atoms with Crippen LogP contribution in [0.5, 0.6) is 17.2 Å². The number of hydrogen-bond donors (Lipinski definition) is 1. The molecule has 1 N–H and O–H groups in total. The maximum absolute atomic E-state index is 13.1. The molecule has 2 bridgehead atoms. The number of benzene rings is 2. The van der Waals surface area contributed by atoms with Gasteiger partial charge in [-0.05, 0) is 68.9 Å². The third kappa shape index (κ3) is 3.05. The molecule has 34 heavy (non-hydrogen) atoms. The van der Waals surface area contributed by atoms with Crippen LogP contribution < -0.4 is 9.47 Å². The van der Waals surface area contributed by atoms with Crippen LogP contribution in [-0.2, 0) is 23.1 Å². The smallest absolute Gasteiger partial charge is 0.174 e. The number of carbonyl (C=O) groups is 1.